The molecule has 0 spiro atoms. The highest BCUT2D eigenvalue weighted by molar-refractivity contribution is 6.30. The van der Waals surface area contributed by atoms with Crippen LogP contribution in [0.3, 0.4) is 0 Å². The van der Waals surface area contributed by atoms with Crippen LogP contribution in [0.2, 0.25) is 5.02 Å². The Hall–Kier alpha value is -1.06. The zero-order valence-corrected chi connectivity index (χ0v) is 10.1. The summed E-state index contributed by atoms with van der Waals surface area (Å²) in [5.74, 6) is -1.75. The largest absolute Gasteiger partial charge is 0.416 e. The third kappa shape index (κ3) is 3.33. The Morgan fingerprint density at radius 2 is 1.60 bits per heavy atom. The molecule has 3 N–H and O–H groups in total. The Kier molecular flexibility index (Phi) is 4.57. The maximum Gasteiger partial charge on any atom is 0.416 e. The number of aliphatic hydroxyl groups excluding tert-OH is 1. The molecule has 2 nitrogen and oxygen atoms in total. The second-order valence-corrected chi connectivity index (χ2v) is 4.24. The number of rotatable bonds is 2. The van der Waals surface area contributed by atoms with Gasteiger partial charge in [-0.2, -0.15) is 26.3 Å². The highest BCUT2D eigenvalue weighted by Gasteiger charge is 2.46. The summed E-state index contributed by atoms with van der Waals surface area (Å²) in [7, 11) is 0. The molecule has 1 aromatic rings. The van der Waals surface area contributed by atoms with Gasteiger partial charge in [0.2, 0.25) is 0 Å². The normalized spacial score (nSPS) is 16.1. The third-order valence-electron chi connectivity index (χ3n) is 2.45. The molecular weight excluding hydrogens is 319 g/mol. The van der Waals surface area contributed by atoms with E-state index >= 15 is 0 Å². The van der Waals surface area contributed by atoms with E-state index in [4.69, 9.17) is 22.4 Å². The molecule has 0 aliphatic rings. The molecule has 114 valence electrons. The second-order valence-electron chi connectivity index (χ2n) is 3.83. The Balaban J connectivity index is 3.46. The lowest BCUT2D eigenvalue weighted by Gasteiger charge is -2.25. The first kappa shape index (κ1) is 17.0. The zero-order valence-electron chi connectivity index (χ0n) is 9.36. The van der Waals surface area contributed by atoms with E-state index in [2.05, 4.69) is 0 Å². The molecule has 0 saturated heterocycles. The van der Waals surface area contributed by atoms with Crippen molar-refractivity contribution in [3.63, 3.8) is 0 Å². The minimum Gasteiger partial charge on any atom is -0.382 e. The van der Waals surface area contributed by atoms with Crippen molar-refractivity contribution in [3.05, 3.63) is 34.1 Å². The van der Waals surface area contributed by atoms with Gasteiger partial charge >= 0.3 is 12.4 Å². The summed E-state index contributed by atoms with van der Waals surface area (Å²) in [5, 5.41) is 8.05. The van der Waals surface area contributed by atoms with Crippen LogP contribution in [0.1, 0.15) is 17.2 Å². The van der Waals surface area contributed by atoms with Crippen LogP contribution in [-0.4, -0.2) is 17.4 Å². The predicted molar refractivity (Wildman–Crippen MR) is 55.4 cm³/mol. The molecular formula is C10H7ClF7NO. The summed E-state index contributed by atoms with van der Waals surface area (Å²) in [6, 6.07) is -1.83. The number of halogens is 8. The smallest absolute Gasteiger partial charge is 0.382 e. The maximum atomic E-state index is 13.6. The fourth-order valence-electron chi connectivity index (χ4n) is 1.50. The maximum absolute atomic E-state index is 13.6. The first-order valence-electron chi connectivity index (χ1n) is 4.92. The molecule has 0 saturated carbocycles. The van der Waals surface area contributed by atoms with Crippen molar-refractivity contribution in [1.82, 2.24) is 0 Å². The van der Waals surface area contributed by atoms with Crippen LogP contribution in [0.15, 0.2) is 12.1 Å². The van der Waals surface area contributed by atoms with Crippen LogP contribution in [0.5, 0.6) is 0 Å². The van der Waals surface area contributed by atoms with Crippen LogP contribution >= 0.6 is 11.6 Å². The van der Waals surface area contributed by atoms with Crippen molar-refractivity contribution in [3.8, 4) is 0 Å². The monoisotopic (exact) mass is 325 g/mol. The summed E-state index contributed by atoms with van der Waals surface area (Å²) < 4.78 is 88.4. The number of alkyl halides is 6. The van der Waals surface area contributed by atoms with Crippen LogP contribution in [0, 0.1) is 5.82 Å². The van der Waals surface area contributed by atoms with E-state index in [-0.39, 0.29) is 0 Å². The molecule has 0 heterocycles. The van der Waals surface area contributed by atoms with Crippen molar-refractivity contribution in [2.24, 2.45) is 5.73 Å². The first-order valence-corrected chi connectivity index (χ1v) is 5.30. The molecule has 0 fully saturated rings. The van der Waals surface area contributed by atoms with Gasteiger partial charge in [-0.3, -0.25) is 0 Å². The average Bonchev–Trinajstić information content (AvgIpc) is 2.27. The van der Waals surface area contributed by atoms with Gasteiger partial charge < -0.3 is 10.8 Å². The zero-order chi connectivity index (χ0) is 15.9. The number of benzene rings is 1. The van der Waals surface area contributed by atoms with Gasteiger partial charge in [0.1, 0.15) is 5.82 Å². The highest BCUT2D eigenvalue weighted by atomic mass is 35.5. The SMILES string of the molecule is N[C@@H](c1c(C(F)(F)F)ccc(Cl)c1F)[C@H](O)C(F)(F)F. The van der Waals surface area contributed by atoms with Crippen LogP contribution < -0.4 is 5.73 Å². The molecule has 0 aromatic heterocycles. The topological polar surface area (TPSA) is 46.2 Å². The Morgan fingerprint density at radius 1 is 1.10 bits per heavy atom. The van der Waals surface area contributed by atoms with Crippen molar-refractivity contribution < 1.29 is 35.8 Å². The highest BCUT2D eigenvalue weighted by Crippen LogP contribution is 2.40. The van der Waals surface area contributed by atoms with E-state index in [9.17, 15) is 30.7 Å². The molecule has 0 amide bonds. The van der Waals surface area contributed by atoms with Crippen molar-refractivity contribution in [2.45, 2.75) is 24.5 Å². The number of nitrogens with two attached hydrogens (primary N) is 1. The van der Waals surface area contributed by atoms with Crippen molar-refractivity contribution >= 4 is 11.6 Å². The number of hydrogen-bond acceptors (Lipinski definition) is 2. The fourth-order valence-corrected chi connectivity index (χ4v) is 1.67. The van der Waals surface area contributed by atoms with Crippen LogP contribution in [0.4, 0.5) is 30.7 Å². The number of hydrogen-bond donors (Lipinski definition) is 2. The summed E-state index contributed by atoms with van der Waals surface area (Å²) in [6.45, 7) is 0. The van der Waals surface area contributed by atoms with Crippen molar-refractivity contribution in [2.75, 3.05) is 0 Å². The van der Waals surface area contributed by atoms with Gasteiger partial charge in [-0.1, -0.05) is 11.6 Å². The first-order chi connectivity index (χ1) is 8.87. The molecule has 0 radical (unpaired) electrons. The Bertz CT molecular complexity index is 500. The quantitative estimate of drug-likeness (QED) is 0.818. The lowest BCUT2D eigenvalue weighted by Crippen LogP contribution is -2.40. The molecule has 10 heteroatoms. The average molecular weight is 326 g/mol. The van der Waals surface area contributed by atoms with Gasteiger partial charge in [0.25, 0.3) is 0 Å². The third-order valence-corrected chi connectivity index (χ3v) is 2.74. The van der Waals surface area contributed by atoms with E-state index in [0.29, 0.717) is 12.1 Å². The summed E-state index contributed by atoms with van der Waals surface area (Å²) >= 11 is 5.24. The van der Waals surface area contributed by atoms with Crippen molar-refractivity contribution in [1.29, 1.82) is 0 Å². The molecule has 1 aromatic carbocycles. The van der Waals surface area contributed by atoms with Crippen LogP contribution in [-0.2, 0) is 6.18 Å². The fraction of sp³-hybridized carbons (Fsp3) is 0.400. The molecule has 0 unspecified atom stereocenters. The van der Waals surface area contributed by atoms with E-state index in [0.717, 1.165) is 0 Å². The van der Waals surface area contributed by atoms with Gasteiger partial charge in [0, 0.05) is 5.56 Å². The molecule has 0 bridgehead atoms. The lowest BCUT2D eigenvalue weighted by molar-refractivity contribution is -0.211. The lowest BCUT2D eigenvalue weighted by atomic mass is 9.95. The van der Waals surface area contributed by atoms with E-state index in [1.807, 2.05) is 0 Å². The summed E-state index contributed by atoms with van der Waals surface area (Å²) in [5.41, 5.74) is 1.66. The predicted octanol–water partition coefficient (Wildman–Crippen LogP) is 3.42. The Labute approximate surface area is 112 Å². The molecule has 0 aliphatic carbocycles. The van der Waals surface area contributed by atoms with Gasteiger partial charge in [-0.05, 0) is 12.1 Å². The van der Waals surface area contributed by atoms with E-state index in [1.54, 1.807) is 0 Å². The van der Waals surface area contributed by atoms with Crippen LogP contribution in [0.25, 0.3) is 0 Å². The summed E-state index contributed by atoms with van der Waals surface area (Å²) in [4.78, 5) is 0. The molecule has 0 aliphatic heterocycles. The second kappa shape index (κ2) is 5.38. The standard InChI is InChI=1S/C10H7ClF7NO/c11-4-2-1-3(9(13,14)15)5(6(4)12)7(19)8(20)10(16,17)18/h1-2,7-8,20H,19H2/t7-,8-/m0/s1. The van der Waals surface area contributed by atoms with E-state index < -0.39 is 46.5 Å². The minimum atomic E-state index is -5.31. The minimum absolute atomic E-state index is 0.295. The van der Waals surface area contributed by atoms with Gasteiger partial charge in [-0.15, -0.1) is 0 Å². The van der Waals surface area contributed by atoms with Gasteiger partial charge in [-0.25, -0.2) is 4.39 Å². The summed E-state index contributed by atoms with van der Waals surface area (Å²) in [6.07, 6.45) is -13.8. The van der Waals surface area contributed by atoms with Gasteiger partial charge in [0.15, 0.2) is 6.10 Å². The van der Waals surface area contributed by atoms with Gasteiger partial charge in [0.05, 0.1) is 16.6 Å². The van der Waals surface area contributed by atoms with E-state index in [1.165, 1.54) is 0 Å². The number of aliphatic hydroxyl groups is 1. The Morgan fingerprint density at radius 3 is 2.00 bits per heavy atom. The molecule has 20 heavy (non-hydrogen) atoms. The molecule has 2 atom stereocenters. The molecule has 1 rings (SSSR count).